The van der Waals surface area contributed by atoms with E-state index in [4.69, 9.17) is 36.9 Å². The van der Waals surface area contributed by atoms with Crippen molar-refractivity contribution >= 4 is 12.3 Å². The van der Waals surface area contributed by atoms with Crippen molar-refractivity contribution in [2.24, 2.45) is 17.2 Å². The van der Waals surface area contributed by atoms with Crippen LogP contribution in [0.5, 0.6) is 23.0 Å². The van der Waals surface area contributed by atoms with Crippen molar-refractivity contribution in [1.82, 2.24) is 0 Å². The van der Waals surface area contributed by atoms with Crippen LogP contribution in [-0.4, -0.2) is 42.2 Å². The molecule has 9 nitrogen and oxygen atoms in total. The summed E-state index contributed by atoms with van der Waals surface area (Å²) in [6, 6.07) is 20.4. The van der Waals surface area contributed by atoms with E-state index >= 15 is 0 Å². The molecule has 0 heterocycles. The maximum atomic E-state index is 10.6. The van der Waals surface area contributed by atoms with Crippen LogP contribution in [0.15, 0.2) is 72.8 Å². The molecule has 33 heavy (non-hydrogen) atoms. The number of para-hydroxylation sites is 1. The number of phenols is 1. The number of phenolic OH excluding ortho intramolecular Hbond substituents is 1. The Morgan fingerprint density at radius 1 is 0.970 bits per heavy atom. The van der Waals surface area contributed by atoms with E-state index in [9.17, 15) is 9.59 Å². The zero-order chi connectivity index (χ0) is 24.6. The summed E-state index contributed by atoms with van der Waals surface area (Å²) in [5.74, 6) is 1.34. The van der Waals surface area contributed by atoms with E-state index in [1.54, 1.807) is 49.6 Å². The molecule has 3 aromatic carbocycles. The molecule has 1 unspecified atom stereocenters. The van der Waals surface area contributed by atoms with Crippen LogP contribution >= 0.6 is 0 Å². The molecule has 0 saturated heterocycles. The lowest BCUT2D eigenvalue weighted by Gasteiger charge is -2.06. The summed E-state index contributed by atoms with van der Waals surface area (Å²) in [6.45, 7) is 0.391. The number of carboxylic acid groups (broad SMARTS) is 1. The first kappa shape index (κ1) is 27.1. The van der Waals surface area contributed by atoms with Crippen molar-refractivity contribution in [2.45, 2.75) is 12.6 Å². The molecule has 176 valence electrons. The van der Waals surface area contributed by atoms with E-state index in [2.05, 4.69) is 0 Å². The van der Waals surface area contributed by atoms with Crippen LogP contribution in [0.1, 0.15) is 15.9 Å². The number of rotatable bonds is 7. The number of benzene rings is 3. The molecule has 9 heteroatoms. The van der Waals surface area contributed by atoms with Gasteiger partial charge < -0.3 is 36.9 Å². The third-order valence-corrected chi connectivity index (χ3v) is 4.07. The minimum absolute atomic E-state index is 0.00463. The summed E-state index contributed by atoms with van der Waals surface area (Å²) in [5.41, 5.74) is 16.4. The summed E-state index contributed by atoms with van der Waals surface area (Å²) in [6.07, 6.45) is 0.793. The molecule has 0 aliphatic carbocycles. The number of aromatic hydroxyl groups is 1. The number of hydrogen-bond acceptors (Lipinski definition) is 8. The number of hydrogen-bond donors (Lipinski definition) is 5. The zero-order valence-electron chi connectivity index (χ0n) is 18.3. The Labute approximate surface area is 192 Å². The highest BCUT2D eigenvalue weighted by Gasteiger charge is 2.06. The van der Waals surface area contributed by atoms with E-state index in [-0.39, 0.29) is 12.3 Å². The fourth-order valence-electron chi connectivity index (χ4n) is 2.22. The van der Waals surface area contributed by atoms with E-state index in [1.807, 2.05) is 30.3 Å². The SMILES string of the molecule is COc1ccc(Oc2cccc(C=O)c2)cc1.NCC(N)C(=O)O.NCc1ccccc1O. The van der Waals surface area contributed by atoms with Gasteiger partial charge in [-0.1, -0.05) is 30.3 Å². The lowest BCUT2D eigenvalue weighted by atomic mass is 10.2. The summed E-state index contributed by atoms with van der Waals surface area (Å²) in [7, 11) is 1.61. The summed E-state index contributed by atoms with van der Waals surface area (Å²) >= 11 is 0. The molecule has 0 aliphatic heterocycles. The Hall–Kier alpha value is -3.92. The second kappa shape index (κ2) is 15.0. The van der Waals surface area contributed by atoms with E-state index in [0.717, 1.165) is 17.6 Å². The topological polar surface area (TPSA) is 171 Å². The van der Waals surface area contributed by atoms with Gasteiger partial charge >= 0.3 is 5.97 Å². The quantitative estimate of drug-likeness (QED) is 0.336. The number of carbonyl (C=O) groups excluding carboxylic acids is 1. The third-order valence-electron chi connectivity index (χ3n) is 4.07. The molecule has 0 saturated carbocycles. The fraction of sp³-hybridized carbons (Fsp3) is 0.167. The van der Waals surface area contributed by atoms with Gasteiger partial charge in [0.1, 0.15) is 35.3 Å². The first-order valence-corrected chi connectivity index (χ1v) is 9.87. The van der Waals surface area contributed by atoms with Crippen molar-refractivity contribution in [2.75, 3.05) is 13.7 Å². The van der Waals surface area contributed by atoms with Gasteiger partial charge in [0.25, 0.3) is 0 Å². The van der Waals surface area contributed by atoms with Gasteiger partial charge in [0.15, 0.2) is 0 Å². The van der Waals surface area contributed by atoms with Gasteiger partial charge in [-0.15, -0.1) is 0 Å². The molecule has 8 N–H and O–H groups in total. The van der Waals surface area contributed by atoms with Gasteiger partial charge in [-0.05, 0) is 42.5 Å². The second-order valence-corrected chi connectivity index (χ2v) is 6.48. The van der Waals surface area contributed by atoms with Crippen molar-refractivity contribution < 1.29 is 29.3 Å². The molecule has 3 aromatic rings. The van der Waals surface area contributed by atoms with E-state index < -0.39 is 12.0 Å². The summed E-state index contributed by atoms with van der Waals surface area (Å²) in [5, 5.41) is 17.0. The van der Waals surface area contributed by atoms with E-state index in [1.165, 1.54) is 0 Å². The molecule has 0 bridgehead atoms. The van der Waals surface area contributed by atoms with Crippen molar-refractivity contribution in [3.8, 4) is 23.0 Å². The predicted octanol–water partition coefficient (Wildman–Crippen LogP) is 2.51. The van der Waals surface area contributed by atoms with E-state index in [0.29, 0.717) is 23.6 Å². The largest absolute Gasteiger partial charge is 0.508 e. The van der Waals surface area contributed by atoms with Gasteiger partial charge in [0.2, 0.25) is 0 Å². The Morgan fingerprint density at radius 2 is 1.61 bits per heavy atom. The standard InChI is InChI=1S/C14H12O3.C7H9NO.C3H8N2O2/c1-16-12-5-7-13(8-6-12)17-14-4-2-3-11(9-14)10-15;8-5-6-3-1-2-4-7(6)9;4-1-2(5)3(6)7/h2-10H,1H3;1-4,9H,5,8H2;2H,1,4-5H2,(H,6,7). The summed E-state index contributed by atoms with van der Waals surface area (Å²) in [4.78, 5) is 20.3. The number of carbonyl (C=O) groups is 2. The summed E-state index contributed by atoms with van der Waals surface area (Å²) < 4.78 is 10.7. The van der Waals surface area contributed by atoms with Gasteiger partial charge in [-0.3, -0.25) is 9.59 Å². The second-order valence-electron chi connectivity index (χ2n) is 6.48. The van der Waals surface area contributed by atoms with Crippen LogP contribution < -0.4 is 26.7 Å². The van der Waals surface area contributed by atoms with Gasteiger partial charge in [0.05, 0.1) is 7.11 Å². The Kier molecular flexibility index (Phi) is 12.3. The van der Waals surface area contributed by atoms with Crippen LogP contribution in [0, 0.1) is 0 Å². The Bertz CT molecular complexity index is 995. The number of methoxy groups -OCH3 is 1. The van der Waals surface area contributed by atoms with Crippen LogP contribution in [0.2, 0.25) is 0 Å². The zero-order valence-corrected chi connectivity index (χ0v) is 18.3. The maximum Gasteiger partial charge on any atom is 0.321 e. The molecule has 0 aliphatic rings. The molecule has 0 aromatic heterocycles. The monoisotopic (exact) mass is 455 g/mol. The number of aliphatic carboxylic acids is 1. The maximum absolute atomic E-state index is 10.6. The molecular formula is C24H29N3O6. The minimum atomic E-state index is -1.05. The van der Waals surface area contributed by atoms with Crippen molar-refractivity contribution in [1.29, 1.82) is 0 Å². The van der Waals surface area contributed by atoms with Crippen molar-refractivity contribution in [3.05, 3.63) is 83.9 Å². The third kappa shape index (κ3) is 10.3. The van der Waals surface area contributed by atoms with Crippen LogP contribution in [0.4, 0.5) is 0 Å². The van der Waals surface area contributed by atoms with Crippen LogP contribution in [0.3, 0.4) is 0 Å². The molecule has 0 fully saturated rings. The van der Waals surface area contributed by atoms with Gasteiger partial charge in [0, 0.05) is 24.2 Å². The van der Waals surface area contributed by atoms with Gasteiger partial charge in [-0.25, -0.2) is 0 Å². The number of carboxylic acids is 1. The predicted molar refractivity (Wildman–Crippen MR) is 126 cm³/mol. The first-order valence-electron chi connectivity index (χ1n) is 9.87. The Morgan fingerprint density at radius 3 is 2.06 bits per heavy atom. The van der Waals surface area contributed by atoms with Crippen molar-refractivity contribution in [3.63, 3.8) is 0 Å². The lowest BCUT2D eigenvalue weighted by Crippen LogP contribution is -2.37. The highest BCUT2D eigenvalue weighted by molar-refractivity contribution is 5.75. The molecule has 0 spiro atoms. The van der Waals surface area contributed by atoms with Crippen LogP contribution in [0.25, 0.3) is 0 Å². The molecular weight excluding hydrogens is 426 g/mol. The van der Waals surface area contributed by atoms with Crippen LogP contribution in [-0.2, 0) is 11.3 Å². The normalized spacial score (nSPS) is 10.4. The number of ether oxygens (including phenoxy) is 2. The average Bonchev–Trinajstić information content (AvgIpc) is 2.85. The fourth-order valence-corrected chi connectivity index (χ4v) is 2.22. The smallest absolute Gasteiger partial charge is 0.321 e. The minimum Gasteiger partial charge on any atom is -0.508 e. The Balaban J connectivity index is 0.000000286. The molecule has 0 amide bonds. The highest BCUT2D eigenvalue weighted by atomic mass is 16.5. The highest BCUT2D eigenvalue weighted by Crippen LogP contribution is 2.24. The van der Waals surface area contributed by atoms with Gasteiger partial charge in [-0.2, -0.15) is 0 Å². The lowest BCUT2D eigenvalue weighted by molar-refractivity contribution is -0.138. The first-order chi connectivity index (χ1) is 15.8. The number of aldehydes is 1. The average molecular weight is 456 g/mol. The molecule has 3 rings (SSSR count). The molecule has 0 radical (unpaired) electrons. The number of nitrogens with two attached hydrogens (primary N) is 3. The molecule has 1 atom stereocenters.